The zero-order chi connectivity index (χ0) is 11.7. The molecule has 1 N–H and O–H groups in total. The molecule has 1 heterocycles. The highest BCUT2D eigenvalue weighted by Gasteiger charge is 2.27. The van der Waals surface area contributed by atoms with Crippen LogP contribution >= 0.6 is 0 Å². The smallest absolute Gasteiger partial charge is 0.231 e. The van der Waals surface area contributed by atoms with E-state index in [0.29, 0.717) is 6.79 Å². The lowest BCUT2D eigenvalue weighted by atomic mass is 10.1. The summed E-state index contributed by atoms with van der Waals surface area (Å²) in [6.45, 7) is 0.295. The van der Waals surface area contributed by atoms with Crippen molar-refractivity contribution in [3.05, 3.63) is 18.2 Å². The molecule has 0 aromatic heterocycles. The Morgan fingerprint density at radius 1 is 1.24 bits per heavy atom. The number of rotatable bonds is 2. The van der Waals surface area contributed by atoms with Crippen LogP contribution in [0.1, 0.15) is 19.3 Å². The van der Waals surface area contributed by atoms with Gasteiger partial charge in [-0.2, -0.15) is 5.26 Å². The Labute approximate surface area is 100 Å². The molecule has 1 aliphatic carbocycles. The third-order valence-electron chi connectivity index (χ3n) is 3.41. The van der Waals surface area contributed by atoms with Gasteiger partial charge in [-0.05, 0) is 31.4 Å². The maximum atomic E-state index is 9.03. The maximum Gasteiger partial charge on any atom is 0.231 e. The van der Waals surface area contributed by atoms with Gasteiger partial charge in [0.15, 0.2) is 11.5 Å². The molecule has 1 aromatic carbocycles. The second-order valence-electron chi connectivity index (χ2n) is 4.49. The molecule has 0 spiro atoms. The molecule has 0 saturated heterocycles. The van der Waals surface area contributed by atoms with Gasteiger partial charge in [0.25, 0.3) is 0 Å². The first-order chi connectivity index (χ1) is 8.36. The minimum Gasteiger partial charge on any atom is -0.454 e. The van der Waals surface area contributed by atoms with Crippen LogP contribution in [-0.4, -0.2) is 12.8 Å². The normalized spacial score (nSPS) is 25.6. The molecular weight excluding hydrogens is 216 g/mol. The fourth-order valence-corrected chi connectivity index (χ4v) is 2.49. The highest BCUT2D eigenvalue weighted by Crippen LogP contribution is 2.35. The first-order valence-electron chi connectivity index (χ1n) is 5.92. The lowest BCUT2D eigenvalue weighted by Gasteiger charge is -2.17. The summed E-state index contributed by atoms with van der Waals surface area (Å²) in [5.74, 6) is 1.70. The van der Waals surface area contributed by atoms with Crippen LogP contribution in [0, 0.1) is 17.2 Å². The summed E-state index contributed by atoms with van der Waals surface area (Å²) in [7, 11) is 0. The summed E-state index contributed by atoms with van der Waals surface area (Å²) in [5.41, 5.74) is 1.00. The highest BCUT2D eigenvalue weighted by atomic mass is 16.7. The quantitative estimate of drug-likeness (QED) is 0.848. The number of anilines is 1. The minimum atomic E-state index is 0.125. The van der Waals surface area contributed by atoms with E-state index in [4.69, 9.17) is 14.7 Å². The number of ether oxygens (including phenoxy) is 2. The van der Waals surface area contributed by atoms with Gasteiger partial charge in [-0.1, -0.05) is 0 Å². The summed E-state index contributed by atoms with van der Waals surface area (Å²) in [6, 6.07) is 8.45. The lowest BCUT2D eigenvalue weighted by Crippen LogP contribution is -2.22. The zero-order valence-electron chi connectivity index (χ0n) is 9.48. The van der Waals surface area contributed by atoms with Crippen LogP contribution in [0.25, 0.3) is 0 Å². The zero-order valence-corrected chi connectivity index (χ0v) is 9.48. The van der Waals surface area contributed by atoms with Gasteiger partial charge < -0.3 is 14.8 Å². The van der Waals surface area contributed by atoms with E-state index in [0.717, 1.165) is 36.4 Å². The number of fused-ring (bicyclic) bond motifs is 1. The van der Waals surface area contributed by atoms with Gasteiger partial charge >= 0.3 is 0 Å². The molecule has 1 saturated carbocycles. The molecule has 1 aromatic rings. The number of nitrogens with zero attached hydrogens (tertiary/aromatic N) is 1. The van der Waals surface area contributed by atoms with Crippen LogP contribution in [0.15, 0.2) is 18.2 Å². The molecular formula is C13H14N2O2. The molecule has 0 amide bonds. The van der Waals surface area contributed by atoms with Crippen molar-refractivity contribution in [2.45, 2.75) is 25.3 Å². The van der Waals surface area contributed by atoms with Crippen molar-refractivity contribution >= 4 is 5.69 Å². The van der Waals surface area contributed by atoms with E-state index in [2.05, 4.69) is 11.4 Å². The van der Waals surface area contributed by atoms with E-state index in [1.165, 1.54) is 0 Å². The Kier molecular flexibility index (Phi) is 2.52. The Morgan fingerprint density at radius 3 is 3.00 bits per heavy atom. The molecule has 4 nitrogen and oxygen atoms in total. The second kappa shape index (κ2) is 4.17. The van der Waals surface area contributed by atoms with Crippen LogP contribution in [0.5, 0.6) is 11.5 Å². The molecule has 1 aliphatic heterocycles. The number of nitrogens with one attached hydrogen (secondary N) is 1. The fourth-order valence-electron chi connectivity index (χ4n) is 2.49. The van der Waals surface area contributed by atoms with Crippen molar-refractivity contribution in [2.75, 3.05) is 12.1 Å². The molecule has 4 heteroatoms. The predicted octanol–water partition coefficient (Wildman–Crippen LogP) is 2.52. The van der Waals surface area contributed by atoms with Gasteiger partial charge in [-0.25, -0.2) is 0 Å². The number of nitriles is 1. The molecule has 0 bridgehead atoms. The number of hydrogen-bond donors (Lipinski definition) is 1. The number of benzene rings is 1. The summed E-state index contributed by atoms with van der Waals surface area (Å²) in [4.78, 5) is 0. The maximum absolute atomic E-state index is 9.03. The largest absolute Gasteiger partial charge is 0.454 e. The van der Waals surface area contributed by atoms with Crippen molar-refractivity contribution < 1.29 is 9.47 Å². The summed E-state index contributed by atoms with van der Waals surface area (Å²) in [5, 5.41) is 12.4. The van der Waals surface area contributed by atoms with Gasteiger partial charge in [0.05, 0.1) is 12.0 Å². The van der Waals surface area contributed by atoms with E-state index in [-0.39, 0.29) is 12.0 Å². The third-order valence-corrected chi connectivity index (χ3v) is 3.41. The van der Waals surface area contributed by atoms with Gasteiger partial charge in [0.2, 0.25) is 6.79 Å². The third kappa shape index (κ3) is 1.89. The van der Waals surface area contributed by atoms with Crippen molar-refractivity contribution in [3.8, 4) is 17.6 Å². The fraction of sp³-hybridized carbons (Fsp3) is 0.462. The van der Waals surface area contributed by atoms with Crippen LogP contribution in [0.2, 0.25) is 0 Å². The second-order valence-corrected chi connectivity index (χ2v) is 4.49. The van der Waals surface area contributed by atoms with Gasteiger partial charge in [0.1, 0.15) is 0 Å². The van der Waals surface area contributed by atoms with Crippen LogP contribution in [0.4, 0.5) is 5.69 Å². The van der Waals surface area contributed by atoms with E-state index in [9.17, 15) is 0 Å². The minimum absolute atomic E-state index is 0.125. The van der Waals surface area contributed by atoms with E-state index < -0.39 is 0 Å². The standard InChI is InChI=1S/C13H14N2O2/c14-7-9-2-1-3-11(9)15-10-4-5-12-13(6-10)17-8-16-12/h4-6,9,11,15H,1-3,8H2. The van der Waals surface area contributed by atoms with Crippen LogP contribution < -0.4 is 14.8 Å². The predicted molar refractivity (Wildman–Crippen MR) is 62.9 cm³/mol. The molecule has 2 atom stereocenters. The van der Waals surface area contributed by atoms with Crippen molar-refractivity contribution in [1.29, 1.82) is 5.26 Å². The first-order valence-corrected chi connectivity index (χ1v) is 5.92. The summed E-state index contributed by atoms with van der Waals surface area (Å²) in [6.07, 6.45) is 3.19. The van der Waals surface area contributed by atoms with Crippen LogP contribution in [0.3, 0.4) is 0 Å². The van der Waals surface area contributed by atoms with Gasteiger partial charge in [0, 0.05) is 17.8 Å². The van der Waals surface area contributed by atoms with E-state index >= 15 is 0 Å². The van der Waals surface area contributed by atoms with Crippen molar-refractivity contribution in [2.24, 2.45) is 5.92 Å². The highest BCUT2D eigenvalue weighted by molar-refractivity contribution is 5.56. The first kappa shape index (κ1) is 10.3. The average Bonchev–Trinajstić information content (AvgIpc) is 2.96. The molecule has 3 rings (SSSR count). The van der Waals surface area contributed by atoms with E-state index in [1.807, 2.05) is 18.2 Å². The van der Waals surface area contributed by atoms with Crippen molar-refractivity contribution in [1.82, 2.24) is 0 Å². The Hall–Kier alpha value is -1.89. The van der Waals surface area contributed by atoms with E-state index in [1.54, 1.807) is 0 Å². The van der Waals surface area contributed by atoms with Gasteiger partial charge in [-0.3, -0.25) is 0 Å². The molecule has 1 fully saturated rings. The Balaban J connectivity index is 1.75. The topological polar surface area (TPSA) is 54.3 Å². The monoisotopic (exact) mass is 230 g/mol. The Bertz CT molecular complexity index is 467. The molecule has 2 aliphatic rings. The lowest BCUT2D eigenvalue weighted by molar-refractivity contribution is 0.174. The van der Waals surface area contributed by atoms with Crippen LogP contribution in [-0.2, 0) is 0 Å². The molecule has 0 radical (unpaired) electrons. The average molecular weight is 230 g/mol. The SMILES string of the molecule is N#CC1CCCC1Nc1ccc2c(c1)OCO2. The van der Waals surface area contributed by atoms with Gasteiger partial charge in [-0.15, -0.1) is 0 Å². The Morgan fingerprint density at radius 2 is 2.12 bits per heavy atom. The molecule has 88 valence electrons. The summed E-state index contributed by atoms with van der Waals surface area (Å²) < 4.78 is 10.6. The number of hydrogen-bond acceptors (Lipinski definition) is 4. The summed E-state index contributed by atoms with van der Waals surface area (Å²) >= 11 is 0. The molecule has 17 heavy (non-hydrogen) atoms. The van der Waals surface area contributed by atoms with Crippen molar-refractivity contribution in [3.63, 3.8) is 0 Å². The molecule has 2 unspecified atom stereocenters.